The van der Waals surface area contributed by atoms with Crippen molar-refractivity contribution >= 4 is 23.6 Å². The van der Waals surface area contributed by atoms with Gasteiger partial charge in [0, 0.05) is 11.1 Å². The summed E-state index contributed by atoms with van der Waals surface area (Å²) in [6, 6.07) is 7.37. The molecule has 1 aliphatic carbocycles. The molecule has 2 N–H and O–H groups in total. The van der Waals surface area contributed by atoms with Crippen molar-refractivity contribution in [2.24, 2.45) is 5.92 Å². The molecule has 0 aliphatic heterocycles. The minimum Gasteiger partial charge on any atom is -0.394 e. The molecule has 0 radical (unpaired) electrons. The van der Waals surface area contributed by atoms with Crippen molar-refractivity contribution in [1.82, 2.24) is 5.32 Å². The number of aliphatic hydroxyl groups is 1. The summed E-state index contributed by atoms with van der Waals surface area (Å²) in [7, 11) is 0. The molecule has 1 aromatic carbocycles. The standard InChI is InChI=1S/C17H22ClNO2/c1-13-5-4-10-17(11-13,12-20)19-16(21)9-8-14-6-2-3-7-15(14)18/h2-3,6-9,13,20H,4-5,10-12H2,1H3,(H,19,21). The summed E-state index contributed by atoms with van der Waals surface area (Å²) >= 11 is 6.05. The van der Waals surface area contributed by atoms with Crippen molar-refractivity contribution in [3.8, 4) is 0 Å². The van der Waals surface area contributed by atoms with Crippen molar-refractivity contribution in [2.75, 3.05) is 6.61 Å². The zero-order chi connectivity index (χ0) is 15.3. The molecule has 21 heavy (non-hydrogen) atoms. The number of hydrogen-bond donors (Lipinski definition) is 2. The average Bonchev–Trinajstić information content (AvgIpc) is 2.46. The van der Waals surface area contributed by atoms with Crippen LogP contribution in [0.3, 0.4) is 0 Å². The van der Waals surface area contributed by atoms with E-state index in [2.05, 4.69) is 12.2 Å². The molecule has 2 atom stereocenters. The Morgan fingerprint density at radius 3 is 2.95 bits per heavy atom. The van der Waals surface area contributed by atoms with Crippen LogP contribution < -0.4 is 5.32 Å². The van der Waals surface area contributed by atoms with Crippen LogP contribution in [-0.4, -0.2) is 23.2 Å². The van der Waals surface area contributed by atoms with Gasteiger partial charge in [-0.05, 0) is 36.5 Å². The first-order valence-corrected chi connectivity index (χ1v) is 7.78. The Labute approximate surface area is 131 Å². The molecule has 1 saturated carbocycles. The third kappa shape index (κ3) is 4.32. The van der Waals surface area contributed by atoms with Crippen LogP contribution in [0.2, 0.25) is 5.02 Å². The van der Waals surface area contributed by atoms with Gasteiger partial charge < -0.3 is 10.4 Å². The highest BCUT2D eigenvalue weighted by Crippen LogP contribution is 2.32. The van der Waals surface area contributed by atoms with Gasteiger partial charge in [-0.1, -0.05) is 49.6 Å². The Kier molecular flexibility index (Phi) is 5.43. The van der Waals surface area contributed by atoms with E-state index in [1.807, 2.05) is 18.2 Å². The van der Waals surface area contributed by atoms with Crippen LogP contribution >= 0.6 is 11.6 Å². The van der Waals surface area contributed by atoms with E-state index in [1.54, 1.807) is 12.1 Å². The van der Waals surface area contributed by atoms with Crippen LogP contribution in [0.15, 0.2) is 30.3 Å². The van der Waals surface area contributed by atoms with Crippen LogP contribution in [0.25, 0.3) is 6.08 Å². The maximum Gasteiger partial charge on any atom is 0.244 e. The van der Waals surface area contributed by atoms with Crippen molar-refractivity contribution in [3.05, 3.63) is 40.9 Å². The van der Waals surface area contributed by atoms with Gasteiger partial charge in [0.25, 0.3) is 0 Å². The molecule has 1 fully saturated rings. The Balaban J connectivity index is 2.02. The molecule has 0 aromatic heterocycles. The molecule has 0 bridgehead atoms. The number of carbonyl (C=O) groups is 1. The number of carbonyl (C=O) groups excluding carboxylic acids is 1. The number of aliphatic hydroxyl groups excluding tert-OH is 1. The van der Waals surface area contributed by atoms with Gasteiger partial charge in [-0.3, -0.25) is 4.79 Å². The van der Waals surface area contributed by atoms with Crippen LogP contribution in [0.4, 0.5) is 0 Å². The van der Waals surface area contributed by atoms with Crippen molar-refractivity contribution < 1.29 is 9.90 Å². The Bertz CT molecular complexity index is 529. The highest BCUT2D eigenvalue weighted by atomic mass is 35.5. The Morgan fingerprint density at radius 1 is 1.52 bits per heavy atom. The number of hydrogen-bond acceptors (Lipinski definition) is 2. The first-order valence-electron chi connectivity index (χ1n) is 7.40. The quantitative estimate of drug-likeness (QED) is 0.838. The van der Waals surface area contributed by atoms with E-state index in [9.17, 15) is 9.90 Å². The fourth-order valence-corrected chi connectivity index (χ4v) is 3.23. The van der Waals surface area contributed by atoms with E-state index < -0.39 is 5.54 Å². The van der Waals surface area contributed by atoms with Crippen LogP contribution in [0.1, 0.15) is 38.2 Å². The molecule has 0 spiro atoms. The van der Waals surface area contributed by atoms with E-state index in [0.29, 0.717) is 10.9 Å². The molecule has 3 nitrogen and oxygen atoms in total. The monoisotopic (exact) mass is 307 g/mol. The second kappa shape index (κ2) is 7.10. The molecule has 1 amide bonds. The summed E-state index contributed by atoms with van der Waals surface area (Å²) in [5.74, 6) is 0.344. The van der Waals surface area contributed by atoms with Gasteiger partial charge >= 0.3 is 0 Å². The number of amides is 1. The van der Waals surface area contributed by atoms with Gasteiger partial charge in [0.05, 0.1) is 12.1 Å². The summed E-state index contributed by atoms with van der Waals surface area (Å²) in [6.45, 7) is 2.15. The smallest absolute Gasteiger partial charge is 0.244 e. The molecule has 1 aliphatic rings. The minimum absolute atomic E-state index is 0.0109. The zero-order valence-electron chi connectivity index (χ0n) is 12.3. The van der Waals surface area contributed by atoms with E-state index in [4.69, 9.17) is 11.6 Å². The summed E-state index contributed by atoms with van der Waals surface area (Å²) in [4.78, 5) is 12.1. The topological polar surface area (TPSA) is 49.3 Å². The van der Waals surface area contributed by atoms with Gasteiger partial charge in [0.15, 0.2) is 0 Å². The highest BCUT2D eigenvalue weighted by molar-refractivity contribution is 6.32. The molecule has 2 unspecified atom stereocenters. The van der Waals surface area contributed by atoms with E-state index in [-0.39, 0.29) is 12.5 Å². The van der Waals surface area contributed by atoms with Gasteiger partial charge in [0.1, 0.15) is 0 Å². The molecule has 1 aromatic rings. The van der Waals surface area contributed by atoms with Crippen LogP contribution in [0.5, 0.6) is 0 Å². The van der Waals surface area contributed by atoms with Crippen molar-refractivity contribution in [2.45, 2.75) is 38.1 Å². The normalized spacial score (nSPS) is 26.0. The number of nitrogens with one attached hydrogen (secondary N) is 1. The summed E-state index contributed by atoms with van der Waals surface area (Å²) in [6.07, 6.45) is 7.05. The summed E-state index contributed by atoms with van der Waals surface area (Å²) in [5.41, 5.74) is 0.337. The van der Waals surface area contributed by atoms with Gasteiger partial charge in [-0.25, -0.2) is 0 Å². The largest absolute Gasteiger partial charge is 0.394 e. The summed E-state index contributed by atoms with van der Waals surface area (Å²) < 4.78 is 0. The molecule has 2 rings (SSSR count). The minimum atomic E-state index is -0.473. The number of halogens is 1. The van der Waals surface area contributed by atoms with Crippen molar-refractivity contribution in [3.63, 3.8) is 0 Å². The Morgan fingerprint density at radius 2 is 2.29 bits per heavy atom. The number of benzene rings is 1. The third-order valence-corrected chi connectivity index (χ3v) is 4.45. The van der Waals surface area contributed by atoms with Gasteiger partial charge in [-0.15, -0.1) is 0 Å². The summed E-state index contributed by atoms with van der Waals surface area (Å²) in [5, 5.41) is 13.3. The molecule has 4 heteroatoms. The molecular formula is C17H22ClNO2. The fraction of sp³-hybridized carbons (Fsp3) is 0.471. The van der Waals surface area contributed by atoms with Gasteiger partial charge in [-0.2, -0.15) is 0 Å². The fourth-order valence-electron chi connectivity index (χ4n) is 3.04. The van der Waals surface area contributed by atoms with Crippen molar-refractivity contribution in [1.29, 1.82) is 0 Å². The van der Waals surface area contributed by atoms with Crippen LogP contribution in [0, 0.1) is 5.92 Å². The third-order valence-electron chi connectivity index (χ3n) is 4.10. The second-order valence-corrected chi connectivity index (χ2v) is 6.39. The maximum atomic E-state index is 12.1. The van der Waals surface area contributed by atoms with Crippen LogP contribution in [-0.2, 0) is 4.79 Å². The SMILES string of the molecule is CC1CCCC(CO)(NC(=O)C=Cc2ccccc2Cl)C1. The Hall–Kier alpha value is -1.32. The molecule has 0 saturated heterocycles. The zero-order valence-corrected chi connectivity index (χ0v) is 13.1. The lowest BCUT2D eigenvalue weighted by atomic mass is 9.77. The predicted octanol–water partition coefficient (Wildman–Crippen LogP) is 3.41. The maximum absolute atomic E-state index is 12.1. The van der Waals surface area contributed by atoms with E-state index in [1.165, 1.54) is 6.08 Å². The van der Waals surface area contributed by atoms with E-state index in [0.717, 1.165) is 31.2 Å². The lowest BCUT2D eigenvalue weighted by molar-refractivity contribution is -0.119. The van der Waals surface area contributed by atoms with E-state index >= 15 is 0 Å². The first-order chi connectivity index (χ1) is 10.0. The lowest BCUT2D eigenvalue weighted by Crippen LogP contribution is -2.53. The lowest BCUT2D eigenvalue weighted by Gasteiger charge is -2.39. The highest BCUT2D eigenvalue weighted by Gasteiger charge is 2.35. The molecule has 114 valence electrons. The predicted molar refractivity (Wildman–Crippen MR) is 86.1 cm³/mol. The average molecular weight is 308 g/mol. The second-order valence-electron chi connectivity index (χ2n) is 5.98. The molecule has 0 heterocycles. The first kappa shape index (κ1) is 16.1. The molecular weight excluding hydrogens is 286 g/mol. The number of rotatable bonds is 4. The van der Waals surface area contributed by atoms with Gasteiger partial charge in [0.2, 0.25) is 5.91 Å².